The van der Waals surface area contributed by atoms with Gasteiger partial charge in [-0.1, -0.05) is 54.6 Å². The van der Waals surface area contributed by atoms with E-state index in [-0.39, 0.29) is 5.91 Å². The molecule has 0 aliphatic carbocycles. The first kappa shape index (κ1) is 27.0. The molecular weight excluding hydrogens is 526 g/mol. The highest BCUT2D eigenvalue weighted by molar-refractivity contribution is 9.10. The van der Waals surface area contributed by atoms with Crippen LogP contribution < -0.4 is 4.90 Å². The van der Waals surface area contributed by atoms with E-state index in [1.165, 1.54) is 5.56 Å². The third-order valence-electron chi connectivity index (χ3n) is 6.06. The number of aromatic nitrogens is 1. The largest absolute Gasteiger partial charge is 0.473 e. The first-order valence-electron chi connectivity index (χ1n) is 11.4. The molecule has 8 nitrogen and oxygen atoms in total. The van der Waals surface area contributed by atoms with E-state index < -0.39 is 17.5 Å². The number of carboxylic acid groups (broad SMARTS) is 2. The quantitative estimate of drug-likeness (QED) is 0.352. The molecule has 1 aliphatic heterocycles. The second kappa shape index (κ2) is 12.4. The van der Waals surface area contributed by atoms with Crippen molar-refractivity contribution in [3.63, 3.8) is 0 Å². The van der Waals surface area contributed by atoms with Crippen molar-refractivity contribution in [2.24, 2.45) is 0 Å². The number of carbonyl (C=O) groups excluding carboxylic acids is 1. The normalized spacial score (nSPS) is 14.7. The van der Waals surface area contributed by atoms with Crippen LogP contribution >= 0.6 is 15.9 Å². The number of likely N-dealkylation sites (tertiary alicyclic amines) is 1. The maximum atomic E-state index is 13.0. The number of anilines is 1. The van der Waals surface area contributed by atoms with E-state index >= 15 is 0 Å². The van der Waals surface area contributed by atoms with Gasteiger partial charge >= 0.3 is 11.9 Å². The molecule has 1 saturated heterocycles. The van der Waals surface area contributed by atoms with Crippen molar-refractivity contribution in [3.8, 4) is 0 Å². The third kappa shape index (κ3) is 6.77. The van der Waals surface area contributed by atoms with E-state index in [0.717, 1.165) is 48.5 Å². The summed E-state index contributed by atoms with van der Waals surface area (Å²) in [5.41, 5.74) is 2.71. The summed E-state index contributed by atoms with van der Waals surface area (Å²) in [5, 5.41) is 14.8. The molecule has 0 spiro atoms. The lowest BCUT2D eigenvalue weighted by Gasteiger charge is -2.48. The molecule has 0 saturated carbocycles. The Morgan fingerprint density at radius 2 is 1.44 bits per heavy atom. The average molecular weight is 554 g/mol. The molecule has 9 heteroatoms. The Balaban J connectivity index is 0.000000538. The number of aliphatic carboxylic acids is 2. The number of carbonyl (C=O) groups is 3. The molecular formula is C27H28BrN3O5. The maximum Gasteiger partial charge on any atom is 0.414 e. The molecule has 1 amide bonds. The Hall–Kier alpha value is -3.56. The highest BCUT2D eigenvalue weighted by atomic mass is 79.9. The van der Waals surface area contributed by atoms with Crippen molar-refractivity contribution < 1.29 is 24.6 Å². The van der Waals surface area contributed by atoms with Crippen LogP contribution in [0.5, 0.6) is 0 Å². The van der Waals surface area contributed by atoms with Gasteiger partial charge in [-0.2, -0.15) is 0 Å². The number of rotatable bonds is 5. The summed E-state index contributed by atoms with van der Waals surface area (Å²) in [6, 6.07) is 26.5. The number of benzene rings is 2. The van der Waals surface area contributed by atoms with Gasteiger partial charge in [-0.05, 0) is 58.6 Å². The Labute approximate surface area is 218 Å². The van der Waals surface area contributed by atoms with Gasteiger partial charge in [-0.3, -0.25) is 9.69 Å². The molecule has 0 radical (unpaired) electrons. The number of hydrogen-bond acceptors (Lipinski definition) is 5. The zero-order valence-electron chi connectivity index (χ0n) is 19.9. The van der Waals surface area contributed by atoms with E-state index in [9.17, 15) is 4.79 Å². The molecule has 1 aromatic heterocycles. The van der Waals surface area contributed by atoms with Crippen molar-refractivity contribution in [1.29, 1.82) is 0 Å². The van der Waals surface area contributed by atoms with Gasteiger partial charge in [0.1, 0.15) is 4.60 Å². The van der Waals surface area contributed by atoms with Crippen LogP contribution in [0.25, 0.3) is 0 Å². The topological polar surface area (TPSA) is 111 Å². The Kier molecular flexibility index (Phi) is 9.32. The van der Waals surface area contributed by atoms with Crippen LogP contribution in [0.2, 0.25) is 0 Å². The molecule has 2 heterocycles. The number of amides is 1. The molecule has 188 valence electrons. The van der Waals surface area contributed by atoms with Crippen molar-refractivity contribution in [2.75, 3.05) is 18.0 Å². The zero-order chi connectivity index (χ0) is 26.1. The first-order chi connectivity index (χ1) is 17.2. The molecule has 0 unspecified atom stereocenters. The molecule has 2 N–H and O–H groups in total. The number of hydrogen-bond donors (Lipinski definition) is 2. The lowest BCUT2D eigenvalue weighted by molar-refractivity contribution is -0.159. The van der Waals surface area contributed by atoms with E-state index in [1.807, 2.05) is 53.4 Å². The van der Waals surface area contributed by atoms with E-state index in [2.05, 4.69) is 51.2 Å². The van der Waals surface area contributed by atoms with Crippen LogP contribution in [-0.4, -0.2) is 51.0 Å². The minimum atomic E-state index is -1.82. The van der Waals surface area contributed by atoms with Crippen molar-refractivity contribution >= 4 is 39.5 Å². The summed E-state index contributed by atoms with van der Waals surface area (Å²) in [7, 11) is 0. The molecule has 1 fully saturated rings. The number of para-hydroxylation sites is 1. The summed E-state index contributed by atoms with van der Waals surface area (Å²) >= 11 is 3.53. The fourth-order valence-corrected chi connectivity index (χ4v) is 4.84. The predicted octanol–water partition coefficient (Wildman–Crippen LogP) is 4.54. The maximum absolute atomic E-state index is 13.0. The average Bonchev–Trinajstić information content (AvgIpc) is 2.87. The molecule has 3 aromatic rings. The van der Waals surface area contributed by atoms with Gasteiger partial charge < -0.3 is 15.1 Å². The molecule has 0 atom stereocenters. The van der Waals surface area contributed by atoms with E-state index in [1.54, 1.807) is 6.92 Å². The first-order valence-corrected chi connectivity index (χ1v) is 12.2. The lowest BCUT2D eigenvalue weighted by atomic mass is 9.81. The molecule has 1 aliphatic rings. The number of piperidine rings is 1. The van der Waals surface area contributed by atoms with Crippen molar-refractivity contribution in [1.82, 2.24) is 9.88 Å². The van der Waals surface area contributed by atoms with Crippen molar-refractivity contribution in [3.05, 3.63) is 94.7 Å². The molecule has 0 bridgehead atoms. The van der Waals surface area contributed by atoms with Crippen LogP contribution in [0.1, 0.15) is 31.0 Å². The highest BCUT2D eigenvalue weighted by Gasteiger charge is 2.44. The smallest absolute Gasteiger partial charge is 0.414 e. The van der Waals surface area contributed by atoms with Crippen LogP contribution in [-0.2, 0) is 26.5 Å². The summed E-state index contributed by atoms with van der Waals surface area (Å²) < 4.78 is 0.794. The minimum absolute atomic E-state index is 0.0412. The fourth-order valence-electron chi connectivity index (χ4n) is 4.49. The SMILES string of the molecule is CC(=O)N(c1ccccc1)C1(c2cccc(Br)n2)CCN(Cc2ccccc2)CC1.O=C(O)C(=O)O. The number of nitrogens with zero attached hydrogens (tertiary/aromatic N) is 3. The summed E-state index contributed by atoms with van der Waals surface area (Å²) in [4.78, 5) is 40.4. The van der Waals surface area contributed by atoms with E-state index in [0.29, 0.717) is 0 Å². The molecule has 4 rings (SSSR count). The van der Waals surface area contributed by atoms with Gasteiger partial charge in [0, 0.05) is 32.2 Å². The van der Waals surface area contributed by atoms with Gasteiger partial charge in [0.2, 0.25) is 5.91 Å². The predicted molar refractivity (Wildman–Crippen MR) is 139 cm³/mol. The van der Waals surface area contributed by atoms with Crippen molar-refractivity contribution in [2.45, 2.75) is 31.8 Å². The minimum Gasteiger partial charge on any atom is -0.473 e. The van der Waals surface area contributed by atoms with Gasteiger partial charge in [-0.15, -0.1) is 0 Å². The van der Waals surface area contributed by atoms with Gasteiger partial charge in [0.05, 0.1) is 11.2 Å². The summed E-state index contributed by atoms with van der Waals surface area (Å²) in [6.45, 7) is 4.39. The molecule has 2 aromatic carbocycles. The fraction of sp³-hybridized carbons (Fsp3) is 0.259. The number of carboxylic acids is 2. The van der Waals surface area contributed by atoms with Crippen LogP contribution in [0.15, 0.2) is 83.5 Å². The van der Waals surface area contributed by atoms with Crippen LogP contribution in [0.4, 0.5) is 5.69 Å². The Morgan fingerprint density at radius 1 is 0.889 bits per heavy atom. The summed E-state index contributed by atoms with van der Waals surface area (Å²) in [5.74, 6) is -3.61. The zero-order valence-corrected chi connectivity index (χ0v) is 21.5. The molecule has 36 heavy (non-hydrogen) atoms. The second-order valence-corrected chi connectivity index (χ2v) is 9.25. The monoisotopic (exact) mass is 553 g/mol. The Bertz CT molecular complexity index is 1170. The number of halogens is 1. The standard InChI is InChI=1S/C25H26BrN3O.C2H2O4/c1-20(30)29(22-11-6-3-7-12-22)25(23-13-8-14-24(26)27-23)15-17-28(18-16-25)19-21-9-4-2-5-10-21;3-1(4)2(5)6/h2-14H,15-19H2,1H3;(H,3,4)(H,5,6). The summed E-state index contributed by atoms with van der Waals surface area (Å²) in [6.07, 6.45) is 1.66. The van der Waals surface area contributed by atoms with Gasteiger partial charge in [0.25, 0.3) is 0 Å². The second-order valence-electron chi connectivity index (χ2n) is 8.44. The van der Waals surface area contributed by atoms with E-state index in [4.69, 9.17) is 24.8 Å². The van der Waals surface area contributed by atoms with Gasteiger partial charge in [0.15, 0.2) is 0 Å². The Morgan fingerprint density at radius 3 is 1.94 bits per heavy atom. The van der Waals surface area contributed by atoms with Crippen LogP contribution in [0, 0.1) is 0 Å². The van der Waals surface area contributed by atoms with Gasteiger partial charge in [-0.25, -0.2) is 14.6 Å². The third-order valence-corrected chi connectivity index (χ3v) is 6.51. The lowest BCUT2D eigenvalue weighted by Crippen LogP contribution is -2.55. The van der Waals surface area contributed by atoms with Crippen LogP contribution in [0.3, 0.4) is 0 Å². The highest BCUT2D eigenvalue weighted by Crippen LogP contribution is 2.41. The number of pyridine rings is 1.